The lowest BCUT2D eigenvalue weighted by atomic mass is 9.98. The molecule has 1 saturated heterocycles. The summed E-state index contributed by atoms with van der Waals surface area (Å²) in [4.78, 5) is 41.2. The van der Waals surface area contributed by atoms with Gasteiger partial charge in [-0.15, -0.1) is 0 Å². The van der Waals surface area contributed by atoms with E-state index in [0.717, 1.165) is 26.2 Å². The monoisotopic (exact) mass is 624 g/mol. The van der Waals surface area contributed by atoms with Gasteiger partial charge < -0.3 is 0 Å². The molecule has 0 radical (unpaired) electrons. The highest BCUT2D eigenvalue weighted by Crippen LogP contribution is 2.40. The average molecular weight is 626 g/mol. The molecule has 3 aliphatic heterocycles. The molecule has 3 aliphatic rings. The van der Waals surface area contributed by atoms with E-state index in [1.54, 1.807) is 18.2 Å². The first kappa shape index (κ1) is 25.7. The molecular formula is C27H19BrCl2N6O3. The van der Waals surface area contributed by atoms with Gasteiger partial charge in [0, 0.05) is 10.9 Å². The molecule has 0 bridgehead atoms. The zero-order chi connectivity index (χ0) is 27.3. The van der Waals surface area contributed by atoms with Gasteiger partial charge in [0.25, 0.3) is 17.7 Å². The molecule has 0 spiro atoms. The highest BCUT2D eigenvalue weighted by atomic mass is 79.9. The van der Waals surface area contributed by atoms with Crippen LogP contribution in [0, 0.1) is 0 Å². The minimum Gasteiger partial charge on any atom is -0.271 e. The van der Waals surface area contributed by atoms with E-state index in [0.29, 0.717) is 6.42 Å². The summed E-state index contributed by atoms with van der Waals surface area (Å²) in [5, 5.41) is 15.7. The van der Waals surface area contributed by atoms with Crippen LogP contribution >= 0.6 is 39.1 Å². The summed E-state index contributed by atoms with van der Waals surface area (Å²) in [7, 11) is 0. The molecule has 3 amide bonds. The first-order valence-electron chi connectivity index (χ1n) is 12.0. The molecule has 0 N–H and O–H groups in total. The second-order valence-corrected chi connectivity index (χ2v) is 10.9. The molecule has 12 heteroatoms. The molecule has 0 saturated carbocycles. The van der Waals surface area contributed by atoms with E-state index in [9.17, 15) is 14.4 Å². The Balaban J connectivity index is 1.27. The normalized spacial score (nSPS) is 22.1. The van der Waals surface area contributed by atoms with Gasteiger partial charge in [-0.25, -0.2) is 9.91 Å². The number of hydrogen-bond acceptors (Lipinski definition) is 7. The van der Waals surface area contributed by atoms with Crippen molar-refractivity contribution in [3.63, 3.8) is 0 Å². The SMILES string of the molecule is O=C1[C@@H]2N=NN(CC(=O)N3N=C(c4ccc(Br)cc4)C[C@@H]3c3ccccc3)[C@H]2C(=O)N1c1c(Cl)cccc1Cl. The molecule has 0 aromatic heterocycles. The van der Waals surface area contributed by atoms with Crippen LogP contribution in [0.15, 0.2) is 92.7 Å². The molecule has 1 fully saturated rings. The number of amides is 3. The van der Waals surface area contributed by atoms with Crippen LogP contribution in [-0.4, -0.2) is 52.1 Å². The van der Waals surface area contributed by atoms with Gasteiger partial charge in [0.2, 0.25) is 0 Å². The Morgan fingerprint density at radius 3 is 2.31 bits per heavy atom. The van der Waals surface area contributed by atoms with Gasteiger partial charge in [0.15, 0.2) is 12.1 Å². The number of anilines is 1. The molecular weight excluding hydrogens is 607 g/mol. The second-order valence-electron chi connectivity index (χ2n) is 9.20. The predicted octanol–water partition coefficient (Wildman–Crippen LogP) is 5.43. The average Bonchev–Trinajstić information content (AvgIpc) is 3.62. The van der Waals surface area contributed by atoms with E-state index in [2.05, 4.69) is 31.4 Å². The number of imide groups is 1. The number of carbonyl (C=O) groups excluding carboxylic acids is 3. The van der Waals surface area contributed by atoms with Crippen LogP contribution in [0.3, 0.4) is 0 Å². The molecule has 0 aliphatic carbocycles. The van der Waals surface area contributed by atoms with Crippen molar-refractivity contribution in [2.24, 2.45) is 15.4 Å². The maximum absolute atomic E-state index is 13.7. The number of para-hydroxylation sites is 1. The molecule has 3 atom stereocenters. The van der Waals surface area contributed by atoms with Crippen LogP contribution in [0.5, 0.6) is 0 Å². The van der Waals surface area contributed by atoms with Gasteiger partial charge in [0.05, 0.1) is 27.5 Å². The standard InChI is InChI=1S/C27H19BrCl2N6O3/c28-17-11-9-15(10-12-17)20-13-21(16-5-2-1-3-6-16)36(32-20)22(37)14-34-25-23(31-33-34)26(38)35(27(25)39)24-18(29)7-4-8-19(24)30/h1-12,21,23,25H,13-14H2/t21-,23-,25-/m1/s1. The minimum absolute atomic E-state index is 0.0964. The van der Waals surface area contributed by atoms with Gasteiger partial charge in [-0.1, -0.05) is 92.9 Å². The Morgan fingerprint density at radius 1 is 0.923 bits per heavy atom. The van der Waals surface area contributed by atoms with E-state index >= 15 is 0 Å². The molecule has 9 nitrogen and oxygen atoms in total. The summed E-state index contributed by atoms with van der Waals surface area (Å²) < 4.78 is 0.939. The van der Waals surface area contributed by atoms with E-state index < -0.39 is 23.9 Å². The Bertz CT molecular complexity index is 1530. The number of nitrogens with zero attached hydrogens (tertiary/aromatic N) is 6. The fraction of sp³-hybridized carbons (Fsp3) is 0.185. The van der Waals surface area contributed by atoms with Gasteiger partial charge in [0.1, 0.15) is 6.54 Å². The first-order chi connectivity index (χ1) is 18.8. The maximum atomic E-state index is 13.7. The van der Waals surface area contributed by atoms with Gasteiger partial charge in [-0.3, -0.25) is 19.4 Å². The smallest absolute Gasteiger partial charge is 0.264 e. The predicted molar refractivity (Wildman–Crippen MR) is 149 cm³/mol. The third kappa shape index (κ3) is 4.52. The quantitative estimate of drug-likeness (QED) is 0.353. The summed E-state index contributed by atoms with van der Waals surface area (Å²) in [6.45, 7) is -0.297. The van der Waals surface area contributed by atoms with Crippen LogP contribution in [0.25, 0.3) is 0 Å². The fourth-order valence-corrected chi connectivity index (χ4v) is 5.81. The summed E-state index contributed by atoms with van der Waals surface area (Å²) in [6, 6.07) is 19.5. The van der Waals surface area contributed by atoms with Crippen molar-refractivity contribution in [3.05, 3.63) is 98.4 Å². The van der Waals surface area contributed by atoms with Crippen molar-refractivity contribution in [2.75, 3.05) is 11.4 Å². The zero-order valence-electron chi connectivity index (χ0n) is 20.1. The van der Waals surface area contributed by atoms with Crippen molar-refractivity contribution < 1.29 is 14.4 Å². The van der Waals surface area contributed by atoms with Gasteiger partial charge in [-0.05, 0) is 35.4 Å². The summed E-state index contributed by atoms with van der Waals surface area (Å²) in [6.07, 6.45) is 0.515. The van der Waals surface area contributed by atoms with Crippen LogP contribution in [0.4, 0.5) is 5.69 Å². The number of rotatable bonds is 5. The topological polar surface area (TPSA) is 98.0 Å². The molecule has 0 unspecified atom stereocenters. The van der Waals surface area contributed by atoms with Gasteiger partial charge >= 0.3 is 0 Å². The van der Waals surface area contributed by atoms with Crippen molar-refractivity contribution in [2.45, 2.75) is 24.5 Å². The molecule has 3 aromatic carbocycles. The number of benzene rings is 3. The van der Waals surface area contributed by atoms with Crippen molar-refractivity contribution >= 4 is 68.3 Å². The zero-order valence-corrected chi connectivity index (χ0v) is 23.2. The number of carbonyl (C=O) groups is 3. The third-order valence-electron chi connectivity index (χ3n) is 6.84. The van der Waals surface area contributed by atoms with Crippen LogP contribution in [0.2, 0.25) is 10.0 Å². The Kier molecular flexibility index (Phi) is 6.70. The van der Waals surface area contributed by atoms with E-state index in [4.69, 9.17) is 23.2 Å². The van der Waals surface area contributed by atoms with Crippen LogP contribution in [-0.2, 0) is 14.4 Å². The Hall–Kier alpha value is -3.60. The molecule has 39 heavy (non-hydrogen) atoms. The molecule has 3 aromatic rings. The lowest BCUT2D eigenvalue weighted by molar-refractivity contribution is -0.135. The number of fused-ring (bicyclic) bond motifs is 1. The van der Waals surface area contributed by atoms with Crippen molar-refractivity contribution in [1.29, 1.82) is 0 Å². The Labute approximate surface area is 241 Å². The van der Waals surface area contributed by atoms with Crippen LogP contribution in [0.1, 0.15) is 23.6 Å². The summed E-state index contributed by atoms with van der Waals surface area (Å²) >= 11 is 16.0. The maximum Gasteiger partial charge on any atom is 0.264 e. The number of hydrazone groups is 1. The lowest BCUT2D eigenvalue weighted by Crippen LogP contribution is -2.44. The molecule has 3 heterocycles. The van der Waals surface area contributed by atoms with E-state index in [1.165, 1.54) is 10.0 Å². The van der Waals surface area contributed by atoms with E-state index in [-0.39, 0.29) is 34.2 Å². The minimum atomic E-state index is -1.09. The second kappa shape index (κ2) is 10.2. The van der Waals surface area contributed by atoms with Crippen LogP contribution < -0.4 is 4.90 Å². The highest BCUT2D eigenvalue weighted by molar-refractivity contribution is 9.10. The van der Waals surface area contributed by atoms with Crippen molar-refractivity contribution in [3.8, 4) is 0 Å². The van der Waals surface area contributed by atoms with Gasteiger partial charge in [-0.2, -0.15) is 10.2 Å². The summed E-state index contributed by atoms with van der Waals surface area (Å²) in [5.41, 5.74) is 2.69. The lowest BCUT2D eigenvalue weighted by Gasteiger charge is -2.25. The number of hydrogen-bond donors (Lipinski definition) is 0. The summed E-state index contributed by atoms with van der Waals surface area (Å²) in [5.74, 6) is -1.58. The Morgan fingerprint density at radius 2 is 1.62 bits per heavy atom. The molecule has 196 valence electrons. The largest absolute Gasteiger partial charge is 0.271 e. The van der Waals surface area contributed by atoms with Crippen molar-refractivity contribution in [1.82, 2.24) is 10.0 Å². The highest BCUT2D eigenvalue weighted by Gasteiger charge is 2.56. The van der Waals surface area contributed by atoms with E-state index in [1.807, 2.05) is 54.6 Å². The first-order valence-corrected chi connectivity index (χ1v) is 13.6. The molecule has 6 rings (SSSR count). The number of halogens is 3. The fourth-order valence-electron chi connectivity index (χ4n) is 4.98. The third-order valence-corrected chi connectivity index (χ3v) is 7.98.